The maximum atomic E-state index is 14.9. The first-order chi connectivity index (χ1) is 35.5. The smallest absolute Gasteiger partial charge is 0.309 e. The highest BCUT2D eigenvalue weighted by molar-refractivity contribution is 7.91. The molecule has 0 saturated carbocycles. The second-order valence-corrected chi connectivity index (χ2v) is 25.1. The number of aliphatic hydroxyl groups is 5. The molecule has 436 valence electrons. The number of cyclic esters (lactones) is 1. The standard InChI is InChI=1S/C54H91F2N5O14S/c1-15-43-54(10,67)47(63)35(6)60(12)29-31(2)26-52(8,66)49(33(4)44(34(5)50(65)74-43)42-27-53(9,71-14)48(64)36(7)73-42)75-51-45(62)40(25-32(3)72-51)59(11)23-21-38-30-61(58-57-38)41(28-56)46(70-13)37-17-19-39(20-18-37)76(68,69)24-16-22-55/h17-20,30-36,40-49,51,62-64,66-67H,15-16,21-29H2,1-14H3/t31-,32-,33+,34-,35-,36+,40+,41-,42?,43-,44+,45-,46-,47-,48+,49-,51+,52-,53-,54-/m1/s1. The van der Waals surface area contributed by atoms with Crippen LogP contribution in [0.15, 0.2) is 35.4 Å². The first-order valence-corrected chi connectivity index (χ1v) is 28.7. The number of rotatable bonds is 18. The molecule has 0 aliphatic carbocycles. The largest absolute Gasteiger partial charge is 0.459 e. The number of likely N-dealkylation sites (N-methyl/N-ethyl adjacent to an activating group) is 2. The summed E-state index contributed by atoms with van der Waals surface area (Å²) in [5, 5.41) is 68.8. The van der Waals surface area contributed by atoms with Gasteiger partial charge in [-0.05, 0) is 111 Å². The maximum absolute atomic E-state index is 14.9. The lowest BCUT2D eigenvalue weighted by atomic mass is 9.68. The molecule has 4 heterocycles. The molecule has 1 aromatic carbocycles. The third-order valence-corrected chi connectivity index (χ3v) is 18.8. The lowest BCUT2D eigenvalue weighted by molar-refractivity contribution is -0.302. The Morgan fingerprint density at radius 3 is 2.22 bits per heavy atom. The Labute approximate surface area is 449 Å². The van der Waals surface area contributed by atoms with Gasteiger partial charge in [0.05, 0.1) is 64.6 Å². The molecule has 1 aromatic heterocycles. The van der Waals surface area contributed by atoms with Gasteiger partial charge in [-0.3, -0.25) is 9.18 Å². The number of aliphatic hydroxyl groups excluding tert-OH is 3. The van der Waals surface area contributed by atoms with Crippen molar-refractivity contribution in [2.24, 2.45) is 23.7 Å². The highest BCUT2D eigenvalue weighted by Gasteiger charge is 2.55. The molecule has 0 spiro atoms. The minimum atomic E-state index is -3.70. The summed E-state index contributed by atoms with van der Waals surface area (Å²) in [6, 6.07) is 3.81. The molecule has 76 heavy (non-hydrogen) atoms. The van der Waals surface area contributed by atoms with Gasteiger partial charge in [0, 0.05) is 64.3 Å². The maximum Gasteiger partial charge on any atom is 0.309 e. The number of esters is 1. The molecule has 0 radical (unpaired) electrons. The number of hydrogen-bond acceptors (Lipinski definition) is 18. The SMILES string of the molecule is CC[C@H]1OC(=O)[C@H](C)[C@@H](C2C[C@@](C)(OC)[C@@H](O)[C@H](C)O2)[C@H](C)[C@@H](O[C@@H]2O[C@H](C)C[C@H](N(C)CCc3cn([C@H](CF)[C@H](OC)c4ccc(S(=O)(=O)CCCF)cc4)nn3)[C@H]2O)[C@](C)(O)C[C@@H](C)CN(C)[C@H](C)[C@@H](O)[C@]1(C)O. The number of methoxy groups -OCH3 is 2. The van der Waals surface area contributed by atoms with E-state index in [1.165, 1.54) is 38.0 Å². The fourth-order valence-corrected chi connectivity index (χ4v) is 13.6. The van der Waals surface area contributed by atoms with E-state index in [1.54, 1.807) is 59.9 Å². The number of benzene rings is 1. The highest BCUT2D eigenvalue weighted by atomic mass is 32.2. The van der Waals surface area contributed by atoms with Gasteiger partial charge >= 0.3 is 5.97 Å². The third-order valence-electron chi connectivity index (χ3n) is 17.0. The van der Waals surface area contributed by atoms with E-state index >= 15 is 0 Å². The predicted octanol–water partition coefficient (Wildman–Crippen LogP) is 4.41. The molecule has 3 saturated heterocycles. The molecule has 22 heteroatoms. The first kappa shape index (κ1) is 64.0. The molecule has 2 aromatic rings. The van der Waals surface area contributed by atoms with Gasteiger partial charge in [0.1, 0.15) is 48.8 Å². The Hall–Kier alpha value is -2.84. The number of carbonyl (C=O) groups excluding carboxylic acids is 1. The Morgan fingerprint density at radius 1 is 0.974 bits per heavy atom. The molecular formula is C54H91F2N5O14S. The van der Waals surface area contributed by atoms with Crippen LogP contribution >= 0.6 is 0 Å². The van der Waals surface area contributed by atoms with Crippen LogP contribution in [-0.4, -0.2) is 209 Å². The lowest BCUT2D eigenvalue weighted by Gasteiger charge is -2.51. The van der Waals surface area contributed by atoms with Crippen LogP contribution in [0.3, 0.4) is 0 Å². The molecule has 5 N–H and O–H groups in total. The average Bonchev–Trinajstić information content (AvgIpc) is 3.84. The molecule has 5 rings (SSSR count). The normalized spacial score (nSPS) is 38.8. The fourth-order valence-electron chi connectivity index (χ4n) is 12.3. The van der Waals surface area contributed by atoms with Crippen molar-refractivity contribution in [1.29, 1.82) is 0 Å². The zero-order valence-electron chi connectivity index (χ0n) is 47.3. The van der Waals surface area contributed by atoms with Crippen LogP contribution in [-0.2, 0) is 49.5 Å². The summed E-state index contributed by atoms with van der Waals surface area (Å²) >= 11 is 0. The summed E-state index contributed by atoms with van der Waals surface area (Å²) in [5.41, 5.74) is -3.55. The molecule has 3 aliphatic heterocycles. The van der Waals surface area contributed by atoms with Crippen molar-refractivity contribution in [3.05, 3.63) is 41.7 Å². The van der Waals surface area contributed by atoms with E-state index in [2.05, 4.69) is 10.3 Å². The molecule has 20 atom stereocenters. The molecule has 3 fully saturated rings. The van der Waals surface area contributed by atoms with Crippen LogP contribution in [0.25, 0.3) is 0 Å². The van der Waals surface area contributed by atoms with Gasteiger partial charge in [0.2, 0.25) is 0 Å². The van der Waals surface area contributed by atoms with E-state index in [9.17, 15) is 47.5 Å². The van der Waals surface area contributed by atoms with Crippen molar-refractivity contribution in [2.75, 3.05) is 60.5 Å². The van der Waals surface area contributed by atoms with Crippen LogP contribution in [0.4, 0.5) is 8.78 Å². The average molecular weight is 1100 g/mol. The van der Waals surface area contributed by atoms with Crippen molar-refractivity contribution >= 4 is 15.8 Å². The molecule has 0 amide bonds. The summed E-state index contributed by atoms with van der Waals surface area (Å²) in [7, 11) is 2.90. The van der Waals surface area contributed by atoms with Crippen LogP contribution in [0.1, 0.15) is 125 Å². The number of sulfone groups is 1. The van der Waals surface area contributed by atoms with E-state index in [-0.39, 0.29) is 42.2 Å². The van der Waals surface area contributed by atoms with E-state index in [1.807, 2.05) is 44.7 Å². The number of ether oxygens (including phenoxy) is 6. The lowest BCUT2D eigenvalue weighted by Crippen LogP contribution is -2.62. The summed E-state index contributed by atoms with van der Waals surface area (Å²) in [6.07, 6.45) is -7.11. The van der Waals surface area contributed by atoms with Crippen molar-refractivity contribution < 1.29 is 75.9 Å². The first-order valence-electron chi connectivity index (χ1n) is 27.0. The molecule has 19 nitrogen and oxygen atoms in total. The van der Waals surface area contributed by atoms with Crippen molar-refractivity contribution in [1.82, 2.24) is 24.8 Å². The minimum absolute atomic E-state index is 0.0284. The topological polar surface area (TPSA) is 245 Å². The summed E-state index contributed by atoms with van der Waals surface area (Å²) in [5.74, 6) is -3.72. The number of alkyl halides is 2. The Morgan fingerprint density at radius 2 is 1.63 bits per heavy atom. The number of halogens is 2. The monoisotopic (exact) mass is 1100 g/mol. The van der Waals surface area contributed by atoms with E-state index in [0.717, 1.165) is 0 Å². The van der Waals surface area contributed by atoms with Crippen LogP contribution in [0, 0.1) is 23.7 Å². The van der Waals surface area contributed by atoms with E-state index in [0.29, 0.717) is 37.2 Å². The highest BCUT2D eigenvalue weighted by Crippen LogP contribution is 2.45. The number of nitrogens with zero attached hydrogens (tertiary/aromatic N) is 5. The predicted molar refractivity (Wildman–Crippen MR) is 279 cm³/mol. The zero-order valence-corrected chi connectivity index (χ0v) is 48.1. The van der Waals surface area contributed by atoms with Gasteiger partial charge in [0.15, 0.2) is 16.1 Å². The van der Waals surface area contributed by atoms with Gasteiger partial charge < -0.3 is 63.8 Å². The fraction of sp³-hybridized carbons (Fsp3) is 0.833. The molecule has 3 aliphatic rings. The minimum Gasteiger partial charge on any atom is -0.459 e. The van der Waals surface area contributed by atoms with E-state index < -0.39 is 143 Å². The third kappa shape index (κ3) is 14.5. The summed E-state index contributed by atoms with van der Waals surface area (Å²) in [6.45, 7) is 16.8. The summed E-state index contributed by atoms with van der Waals surface area (Å²) < 4.78 is 92.1. The van der Waals surface area contributed by atoms with Gasteiger partial charge in [-0.2, -0.15) is 0 Å². The van der Waals surface area contributed by atoms with Crippen molar-refractivity contribution in [2.45, 2.75) is 209 Å². The van der Waals surface area contributed by atoms with Gasteiger partial charge in [-0.1, -0.05) is 45.0 Å². The number of hydrogen-bond donors (Lipinski definition) is 5. The second kappa shape index (κ2) is 26.6. The molecular weight excluding hydrogens is 1010 g/mol. The summed E-state index contributed by atoms with van der Waals surface area (Å²) in [4.78, 5) is 18.5. The number of carbonyl (C=O) groups is 1. The number of aromatic nitrogens is 3. The second-order valence-electron chi connectivity index (χ2n) is 23.0. The Kier molecular flexibility index (Phi) is 22.4. The quantitative estimate of drug-likeness (QED) is 0.130. The van der Waals surface area contributed by atoms with Crippen LogP contribution in [0.2, 0.25) is 0 Å². The molecule has 0 bridgehead atoms. The Bertz CT molecular complexity index is 2250. The van der Waals surface area contributed by atoms with Gasteiger partial charge in [0.25, 0.3) is 0 Å². The Balaban J connectivity index is 1.43. The van der Waals surface area contributed by atoms with E-state index in [4.69, 9.17) is 28.4 Å². The van der Waals surface area contributed by atoms with Crippen LogP contribution < -0.4 is 0 Å². The zero-order chi connectivity index (χ0) is 56.8. The van der Waals surface area contributed by atoms with Gasteiger partial charge in [-0.15, -0.1) is 5.10 Å². The van der Waals surface area contributed by atoms with Crippen molar-refractivity contribution in [3.8, 4) is 0 Å². The van der Waals surface area contributed by atoms with Crippen LogP contribution in [0.5, 0.6) is 0 Å². The van der Waals surface area contributed by atoms with Crippen molar-refractivity contribution in [3.63, 3.8) is 0 Å². The molecule has 1 unspecified atom stereocenters. The van der Waals surface area contributed by atoms with Gasteiger partial charge in [-0.25, -0.2) is 17.5 Å².